The van der Waals surface area contributed by atoms with E-state index in [1.54, 1.807) is 13.2 Å². The van der Waals surface area contributed by atoms with Crippen LogP contribution in [0.25, 0.3) is 11.4 Å². The van der Waals surface area contributed by atoms with Crippen LogP contribution >= 0.6 is 11.6 Å². The monoisotopic (exact) mass is 416 g/mol. The molecule has 0 fully saturated rings. The fourth-order valence-electron chi connectivity index (χ4n) is 2.64. The summed E-state index contributed by atoms with van der Waals surface area (Å²) in [5, 5.41) is 10.1. The Balaban J connectivity index is 1.68. The van der Waals surface area contributed by atoms with Gasteiger partial charge in [0.2, 0.25) is 0 Å². The summed E-state index contributed by atoms with van der Waals surface area (Å²) in [7, 11) is 3.10. The van der Waals surface area contributed by atoms with Crippen LogP contribution in [0.15, 0.2) is 36.4 Å². The van der Waals surface area contributed by atoms with Gasteiger partial charge in [0, 0.05) is 11.1 Å². The third-order valence-corrected chi connectivity index (χ3v) is 4.36. The Morgan fingerprint density at radius 2 is 1.93 bits per heavy atom. The number of ether oxygens (including phenoxy) is 3. The van der Waals surface area contributed by atoms with Gasteiger partial charge in [-0.2, -0.15) is 5.10 Å². The molecule has 29 heavy (non-hydrogen) atoms. The first-order valence-corrected chi connectivity index (χ1v) is 9.27. The molecule has 2 aromatic carbocycles. The predicted molar refractivity (Wildman–Crippen MR) is 109 cm³/mol. The number of carbonyl (C=O) groups excluding carboxylic acids is 1. The SMILES string of the molecule is CCOc1c(Cl)cc(C(=O)NCc2nc(-c3ccc(OC)cc3)n[nH]2)cc1OC. The van der Waals surface area contributed by atoms with Gasteiger partial charge in [0.15, 0.2) is 17.3 Å². The van der Waals surface area contributed by atoms with Gasteiger partial charge in [-0.25, -0.2) is 4.98 Å². The minimum Gasteiger partial charge on any atom is -0.497 e. The first kappa shape index (κ1) is 20.5. The molecule has 0 saturated carbocycles. The highest BCUT2D eigenvalue weighted by molar-refractivity contribution is 6.32. The van der Waals surface area contributed by atoms with Crippen molar-refractivity contribution < 1.29 is 19.0 Å². The molecule has 8 nitrogen and oxygen atoms in total. The molecule has 0 atom stereocenters. The molecule has 0 saturated heterocycles. The second-order valence-corrected chi connectivity index (χ2v) is 6.35. The van der Waals surface area contributed by atoms with Crippen molar-refractivity contribution in [2.75, 3.05) is 20.8 Å². The fourth-order valence-corrected chi connectivity index (χ4v) is 2.91. The van der Waals surface area contributed by atoms with Gasteiger partial charge in [-0.05, 0) is 43.3 Å². The molecular formula is C20H21ClN4O4. The molecule has 1 aromatic heterocycles. The van der Waals surface area contributed by atoms with Crippen LogP contribution in [0.2, 0.25) is 5.02 Å². The van der Waals surface area contributed by atoms with Gasteiger partial charge in [0.05, 0.1) is 32.4 Å². The molecule has 1 amide bonds. The summed E-state index contributed by atoms with van der Waals surface area (Å²) < 4.78 is 15.9. The second-order valence-electron chi connectivity index (χ2n) is 5.94. The smallest absolute Gasteiger partial charge is 0.251 e. The van der Waals surface area contributed by atoms with Gasteiger partial charge in [-0.3, -0.25) is 9.89 Å². The zero-order valence-electron chi connectivity index (χ0n) is 16.3. The molecule has 0 aliphatic rings. The Hall–Kier alpha value is -3.26. The lowest BCUT2D eigenvalue weighted by molar-refractivity contribution is 0.0949. The summed E-state index contributed by atoms with van der Waals surface area (Å²) in [6.45, 7) is 2.45. The van der Waals surface area contributed by atoms with Gasteiger partial charge in [-0.15, -0.1) is 0 Å². The number of carbonyl (C=O) groups is 1. The van der Waals surface area contributed by atoms with Crippen molar-refractivity contribution in [1.29, 1.82) is 0 Å². The fraction of sp³-hybridized carbons (Fsp3) is 0.250. The summed E-state index contributed by atoms with van der Waals surface area (Å²) in [5.74, 6) is 2.28. The van der Waals surface area contributed by atoms with Crippen molar-refractivity contribution in [2.24, 2.45) is 0 Å². The number of aromatic amines is 1. The maximum Gasteiger partial charge on any atom is 0.251 e. The second kappa shape index (κ2) is 9.29. The third-order valence-electron chi connectivity index (χ3n) is 4.08. The van der Waals surface area contributed by atoms with Crippen molar-refractivity contribution in [3.8, 4) is 28.6 Å². The molecule has 0 aliphatic heterocycles. The number of rotatable bonds is 8. The Labute approximate surface area is 173 Å². The van der Waals surface area contributed by atoms with Crippen molar-refractivity contribution in [3.05, 3.63) is 52.8 Å². The van der Waals surface area contributed by atoms with Crippen LogP contribution in [0.3, 0.4) is 0 Å². The van der Waals surface area contributed by atoms with Crippen LogP contribution in [0.5, 0.6) is 17.2 Å². The van der Waals surface area contributed by atoms with Gasteiger partial charge in [-0.1, -0.05) is 11.6 Å². The first-order valence-electron chi connectivity index (χ1n) is 8.90. The lowest BCUT2D eigenvalue weighted by atomic mass is 10.2. The standard InChI is InChI=1S/C20H21ClN4O4/c1-4-29-18-15(21)9-13(10-16(18)28-3)20(26)22-11-17-23-19(25-24-17)12-5-7-14(27-2)8-6-12/h5-10H,4,11H2,1-3H3,(H,22,26)(H,23,24,25). The van der Waals surface area contributed by atoms with Crippen molar-refractivity contribution >= 4 is 17.5 Å². The van der Waals surface area contributed by atoms with Crippen LogP contribution in [-0.2, 0) is 6.54 Å². The number of amides is 1. The molecule has 0 aliphatic carbocycles. The highest BCUT2D eigenvalue weighted by Gasteiger charge is 2.16. The van der Waals surface area contributed by atoms with E-state index in [2.05, 4.69) is 20.5 Å². The van der Waals surface area contributed by atoms with Crippen LogP contribution in [0, 0.1) is 0 Å². The Morgan fingerprint density at radius 1 is 1.17 bits per heavy atom. The Morgan fingerprint density at radius 3 is 2.59 bits per heavy atom. The minimum atomic E-state index is -0.323. The average molecular weight is 417 g/mol. The van der Waals surface area contributed by atoms with Gasteiger partial charge >= 0.3 is 0 Å². The molecule has 0 unspecified atom stereocenters. The maximum absolute atomic E-state index is 12.5. The Kier molecular flexibility index (Phi) is 6.56. The number of halogens is 1. The van der Waals surface area contributed by atoms with Crippen molar-refractivity contribution in [3.63, 3.8) is 0 Å². The summed E-state index contributed by atoms with van der Waals surface area (Å²) in [6, 6.07) is 10.5. The van der Waals surface area contributed by atoms with E-state index in [-0.39, 0.29) is 12.5 Å². The minimum absolute atomic E-state index is 0.176. The first-order chi connectivity index (χ1) is 14.0. The summed E-state index contributed by atoms with van der Waals surface area (Å²) in [6.07, 6.45) is 0. The van der Waals surface area contributed by atoms with Gasteiger partial charge in [0.1, 0.15) is 11.6 Å². The molecule has 3 rings (SSSR count). The number of nitrogens with one attached hydrogen (secondary N) is 2. The summed E-state index contributed by atoms with van der Waals surface area (Å²) in [4.78, 5) is 16.9. The Bertz CT molecular complexity index is 989. The maximum atomic E-state index is 12.5. The molecule has 0 spiro atoms. The van der Waals surface area contributed by atoms with Crippen LogP contribution < -0.4 is 19.5 Å². The van der Waals surface area contributed by atoms with Gasteiger partial charge in [0.25, 0.3) is 5.91 Å². The largest absolute Gasteiger partial charge is 0.497 e. The van der Waals surface area contributed by atoms with E-state index in [4.69, 9.17) is 25.8 Å². The van der Waals surface area contributed by atoms with Crippen LogP contribution in [-0.4, -0.2) is 41.9 Å². The highest BCUT2D eigenvalue weighted by atomic mass is 35.5. The van der Waals surface area contributed by atoms with E-state index >= 15 is 0 Å². The predicted octanol–water partition coefficient (Wildman–Crippen LogP) is 3.47. The molecule has 3 aromatic rings. The number of methoxy groups -OCH3 is 2. The number of nitrogens with zero attached hydrogens (tertiary/aromatic N) is 2. The number of H-pyrrole nitrogens is 1. The third kappa shape index (κ3) is 4.78. The number of benzene rings is 2. The number of hydrogen-bond acceptors (Lipinski definition) is 6. The van der Waals surface area contributed by atoms with Gasteiger partial charge < -0.3 is 19.5 Å². The molecule has 152 valence electrons. The molecule has 1 heterocycles. The van der Waals surface area contributed by atoms with E-state index in [0.29, 0.717) is 40.3 Å². The number of aromatic nitrogens is 3. The molecule has 0 bridgehead atoms. The van der Waals surface area contributed by atoms with Crippen molar-refractivity contribution in [2.45, 2.75) is 13.5 Å². The average Bonchev–Trinajstić information content (AvgIpc) is 3.22. The van der Waals surface area contributed by atoms with E-state index in [1.165, 1.54) is 13.2 Å². The number of hydrogen-bond donors (Lipinski definition) is 2. The normalized spacial score (nSPS) is 10.5. The molecule has 2 N–H and O–H groups in total. The zero-order chi connectivity index (χ0) is 20.8. The van der Waals surface area contributed by atoms with E-state index in [1.807, 2.05) is 31.2 Å². The topological polar surface area (TPSA) is 98.4 Å². The quantitative estimate of drug-likeness (QED) is 0.583. The lowest BCUT2D eigenvalue weighted by Gasteiger charge is -2.13. The molecule has 0 radical (unpaired) electrons. The van der Waals surface area contributed by atoms with Crippen LogP contribution in [0.1, 0.15) is 23.1 Å². The van der Waals surface area contributed by atoms with E-state index in [9.17, 15) is 4.79 Å². The van der Waals surface area contributed by atoms with Crippen LogP contribution in [0.4, 0.5) is 0 Å². The zero-order valence-corrected chi connectivity index (χ0v) is 17.0. The molecular weight excluding hydrogens is 396 g/mol. The molecule has 9 heteroatoms. The highest BCUT2D eigenvalue weighted by Crippen LogP contribution is 2.36. The summed E-state index contributed by atoms with van der Waals surface area (Å²) in [5.41, 5.74) is 1.19. The van der Waals surface area contributed by atoms with E-state index < -0.39 is 0 Å². The summed E-state index contributed by atoms with van der Waals surface area (Å²) >= 11 is 6.22. The lowest BCUT2D eigenvalue weighted by Crippen LogP contribution is -2.23. The van der Waals surface area contributed by atoms with E-state index in [0.717, 1.165) is 11.3 Å². The van der Waals surface area contributed by atoms with Crippen molar-refractivity contribution in [1.82, 2.24) is 20.5 Å².